The minimum absolute atomic E-state index is 0.597. The van der Waals surface area contributed by atoms with Crippen molar-refractivity contribution in [2.24, 2.45) is 0 Å². The number of hydrogen-bond acceptors (Lipinski definition) is 4. The molecule has 1 aliphatic rings. The number of rotatable bonds is 12. The van der Waals surface area contributed by atoms with Crippen LogP contribution >= 0.6 is 0 Å². The van der Waals surface area contributed by atoms with E-state index in [9.17, 15) is 0 Å². The number of hydrogen-bond donors (Lipinski definition) is 1. The normalized spacial score (nSPS) is 17.3. The van der Waals surface area contributed by atoms with E-state index in [1.807, 2.05) is 6.92 Å². The van der Waals surface area contributed by atoms with Crippen LogP contribution < -0.4 is 5.32 Å². The van der Waals surface area contributed by atoms with Gasteiger partial charge in [0.25, 0.3) is 0 Å². The zero-order valence-corrected chi connectivity index (χ0v) is 12.3. The Bertz CT molecular complexity index is 198. The van der Waals surface area contributed by atoms with Gasteiger partial charge in [0.2, 0.25) is 0 Å². The van der Waals surface area contributed by atoms with E-state index in [0.29, 0.717) is 6.04 Å². The van der Waals surface area contributed by atoms with Gasteiger partial charge in [0, 0.05) is 45.5 Å². The molecule has 0 bridgehead atoms. The van der Waals surface area contributed by atoms with Crippen molar-refractivity contribution < 1.29 is 9.47 Å². The first-order valence-electron chi connectivity index (χ1n) is 7.32. The Labute approximate surface area is 112 Å². The van der Waals surface area contributed by atoms with Crippen molar-refractivity contribution in [3.8, 4) is 0 Å². The molecule has 4 nitrogen and oxygen atoms in total. The van der Waals surface area contributed by atoms with Gasteiger partial charge < -0.3 is 14.8 Å². The fourth-order valence-electron chi connectivity index (χ4n) is 2.24. The van der Waals surface area contributed by atoms with E-state index in [1.54, 1.807) is 7.11 Å². The Morgan fingerprint density at radius 2 is 2.11 bits per heavy atom. The summed E-state index contributed by atoms with van der Waals surface area (Å²) in [5.74, 6) is 0. The SMILES string of the molecule is CCOCCCNCC(C)N(CCOC)C1CC1. The summed E-state index contributed by atoms with van der Waals surface area (Å²) < 4.78 is 10.5. The highest BCUT2D eigenvalue weighted by atomic mass is 16.5. The average Bonchev–Trinajstić information content (AvgIpc) is 3.18. The number of methoxy groups -OCH3 is 1. The van der Waals surface area contributed by atoms with Gasteiger partial charge in [0.15, 0.2) is 0 Å². The van der Waals surface area contributed by atoms with E-state index in [4.69, 9.17) is 9.47 Å². The third kappa shape index (κ3) is 6.69. The third-order valence-corrected chi connectivity index (χ3v) is 3.42. The lowest BCUT2D eigenvalue weighted by atomic mass is 10.2. The summed E-state index contributed by atoms with van der Waals surface area (Å²) in [6.45, 7) is 10.0. The zero-order chi connectivity index (χ0) is 13.2. The van der Waals surface area contributed by atoms with Crippen LogP contribution in [0.2, 0.25) is 0 Å². The van der Waals surface area contributed by atoms with E-state index < -0.39 is 0 Å². The van der Waals surface area contributed by atoms with E-state index in [2.05, 4.69) is 17.1 Å². The van der Waals surface area contributed by atoms with Gasteiger partial charge in [0.1, 0.15) is 0 Å². The van der Waals surface area contributed by atoms with Gasteiger partial charge in [-0.3, -0.25) is 4.90 Å². The fourth-order valence-corrected chi connectivity index (χ4v) is 2.24. The molecule has 0 saturated heterocycles. The zero-order valence-electron chi connectivity index (χ0n) is 12.3. The molecule has 1 N–H and O–H groups in total. The van der Waals surface area contributed by atoms with Crippen molar-refractivity contribution in [1.29, 1.82) is 0 Å². The lowest BCUT2D eigenvalue weighted by molar-refractivity contribution is 0.117. The smallest absolute Gasteiger partial charge is 0.0589 e. The molecule has 1 fully saturated rings. The van der Waals surface area contributed by atoms with E-state index in [1.165, 1.54) is 12.8 Å². The second kappa shape index (κ2) is 9.73. The Morgan fingerprint density at radius 3 is 2.72 bits per heavy atom. The highest BCUT2D eigenvalue weighted by Crippen LogP contribution is 2.28. The average molecular weight is 258 g/mol. The van der Waals surface area contributed by atoms with Crippen LogP contribution in [0.15, 0.2) is 0 Å². The van der Waals surface area contributed by atoms with Gasteiger partial charge in [-0.1, -0.05) is 0 Å². The van der Waals surface area contributed by atoms with Gasteiger partial charge in [-0.15, -0.1) is 0 Å². The molecule has 0 aliphatic heterocycles. The van der Waals surface area contributed by atoms with Crippen LogP contribution in [0, 0.1) is 0 Å². The van der Waals surface area contributed by atoms with Crippen LogP contribution in [0.1, 0.15) is 33.1 Å². The van der Waals surface area contributed by atoms with Crippen LogP contribution in [-0.4, -0.2) is 63.5 Å². The summed E-state index contributed by atoms with van der Waals surface area (Å²) in [4.78, 5) is 2.58. The molecule has 0 aromatic rings. The molecule has 0 aromatic heterocycles. The van der Waals surface area contributed by atoms with Crippen LogP contribution in [0.3, 0.4) is 0 Å². The second-order valence-corrected chi connectivity index (χ2v) is 5.07. The monoisotopic (exact) mass is 258 g/mol. The van der Waals surface area contributed by atoms with Gasteiger partial charge >= 0.3 is 0 Å². The topological polar surface area (TPSA) is 33.7 Å². The minimum Gasteiger partial charge on any atom is -0.383 e. The van der Waals surface area contributed by atoms with Crippen LogP contribution in [0.25, 0.3) is 0 Å². The molecular weight excluding hydrogens is 228 g/mol. The largest absolute Gasteiger partial charge is 0.383 e. The predicted molar refractivity (Wildman–Crippen MR) is 75.0 cm³/mol. The molecule has 0 radical (unpaired) electrons. The maximum Gasteiger partial charge on any atom is 0.0589 e. The third-order valence-electron chi connectivity index (χ3n) is 3.42. The summed E-state index contributed by atoms with van der Waals surface area (Å²) in [6, 6.07) is 1.40. The fraction of sp³-hybridized carbons (Fsp3) is 1.00. The summed E-state index contributed by atoms with van der Waals surface area (Å²) >= 11 is 0. The lowest BCUT2D eigenvalue weighted by Gasteiger charge is -2.29. The summed E-state index contributed by atoms with van der Waals surface area (Å²) in [6.07, 6.45) is 3.82. The molecule has 1 saturated carbocycles. The molecule has 0 amide bonds. The molecule has 1 rings (SSSR count). The first-order valence-corrected chi connectivity index (χ1v) is 7.32. The highest BCUT2D eigenvalue weighted by molar-refractivity contribution is 4.88. The van der Waals surface area contributed by atoms with Crippen LogP contribution in [-0.2, 0) is 9.47 Å². The van der Waals surface area contributed by atoms with Crippen molar-refractivity contribution in [1.82, 2.24) is 10.2 Å². The standard InChI is InChI=1S/C14H30N2O2/c1-4-18-10-5-8-15-12-13(2)16(9-11-17-3)14-6-7-14/h13-15H,4-12H2,1-3H3. The van der Waals surface area contributed by atoms with Gasteiger partial charge in [-0.05, 0) is 39.7 Å². The van der Waals surface area contributed by atoms with E-state index >= 15 is 0 Å². The maximum absolute atomic E-state index is 5.32. The Kier molecular flexibility index (Phi) is 8.59. The first-order chi connectivity index (χ1) is 8.79. The molecule has 1 aliphatic carbocycles. The van der Waals surface area contributed by atoms with Crippen molar-refractivity contribution in [3.63, 3.8) is 0 Å². The molecule has 0 aromatic carbocycles. The lowest BCUT2D eigenvalue weighted by Crippen LogP contribution is -2.43. The molecule has 0 spiro atoms. The van der Waals surface area contributed by atoms with Crippen molar-refractivity contribution in [2.75, 3.05) is 46.6 Å². The Balaban J connectivity index is 2.06. The Morgan fingerprint density at radius 1 is 1.33 bits per heavy atom. The van der Waals surface area contributed by atoms with Crippen LogP contribution in [0.4, 0.5) is 0 Å². The first kappa shape index (κ1) is 15.9. The van der Waals surface area contributed by atoms with Crippen molar-refractivity contribution in [3.05, 3.63) is 0 Å². The summed E-state index contributed by atoms with van der Waals surface area (Å²) in [5.41, 5.74) is 0. The van der Waals surface area contributed by atoms with Gasteiger partial charge in [0.05, 0.1) is 6.61 Å². The number of nitrogens with one attached hydrogen (secondary N) is 1. The quantitative estimate of drug-likeness (QED) is 0.538. The molecule has 1 atom stereocenters. The van der Waals surface area contributed by atoms with Crippen LogP contribution in [0.5, 0.6) is 0 Å². The van der Waals surface area contributed by atoms with E-state index in [0.717, 1.165) is 51.9 Å². The highest BCUT2D eigenvalue weighted by Gasteiger charge is 2.31. The Hall–Kier alpha value is -0.160. The minimum atomic E-state index is 0.597. The molecular formula is C14H30N2O2. The molecule has 1 unspecified atom stereocenters. The molecule has 4 heteroatoms. The second-order valence-electron chi connectivity index (χ2n) is 5.07. The number of nitrogens with zero attached hydrogens (tertiary/aromatic N) is 1. The van der Waals surface area contributed by atoms with Gasteiger partial charge in [-0.25, -0.2) is 0 Å². The predicted octanol–water partition coefficient (Wildman–Crippen LogP) is 1.50. The molecule has 18 heavy (non-hydrogen) atoms. The summed E-state index contributed by atoms with van der Waals surface area (Å²) in [5, 5.41) is 3.52. The molecule has 108 valence electrons. The maximum atomic E-state index is 5.32. The van der Waals surface area contributed by atoms with Gasteiger partial charge in [-0.2, -0.15) is 0 Å². The van der Waals surface area contributed by atoms with Crippen molar-refractivity contribution >= 4 is 0 Å². The number of ether oxygens (including phenoxy) is 2. The van der Waals surface area contributed by atoms with E-state index in [-0.39, 0.29) is 0 Å². The van der Waals surface area contributed by atoms with Crippen molar-refractivity contribution in [2.45, 2.75) is 45.2 Å². The summed E-state index contributed by atoms with van der Waals surface area (Å²) in [7, 11) is 1.78. The molecule has 0 heterocycles.